The second-order valence-corrected chi connectivity index (χ2v) is 20.8. The van der Waals surface area contributed by atoms with Crippen LogP contribution in [-0.2, 0) is 94.7 Å². The summed E-state index contributed by atoms with van der Waals surface area (Å²) in [4.78, 5) is 22.8. The minimum Gasteiger partial charge on any atom is -0.480 e. The van der Waals surface area contributed by atoms with E-state index >= 15 is 0 Å². The van der Waals surface area contributed by atoms with E-state index < -0.39 is 55.7 Å². The number of benzene rings is 5. The molecular formula is C63H80O15. The predicted molar refractivity (Wildman–Crippen MR) is 291 cm³/mol. The Morgan fingerprint density at radius 1 is 0.359 bits per heavy atom. The van der Waals surface area contributed by atoms with E-state index in [1.165, 1.54) is 0 Å². The fourth-order valence-electron chi connectivity index (χ4n) is 10.2. The molecule has 0 amide bonds. The van der Waals surface area contributed by atoms with Gasteiger partial charge in [-0.15, -0.1) is 0 Å². The molecule has 422 valence electrons. The first-order chi connectivity index (χ1) is 37.8. The maximum Gasteiger partial charge on any atom is 0.329 e. The molecule has 3 fully saturated rings. The molecule has 15 atom stereocenters. The third kappa shape index (κ3) is 18.3. The lowest BCUT2D eigenvalue weighted by atomic mass is 9.79. The molecule has 5 aromatic rings. The van der Waals surface area contributed by atoms with Gasteiger partial charge in [-0.25, -0.2) is 9.59 Å². The normalized spacial score (nSPS) is 29.0. The third-order valence-electron chi connectivity index (χ3n) is 15.1. The van der Waals surface area contributed by atoms with Gasteiger partial charge in [-0.05, 0) is 39.7 Å². The van der Waals surface area contributed by atoms with Gasteiger partial charge in [-0.3, -0.25) is 0 Å². The van der Waals surface area contributed by atoms with Gasteiger partial charge in [0, 0.05) is 23.7 Å². The second kappa shape index (κ2) is 31.4. The summed E-state index contributed by atoms with van der Waals surface area (Å²) in [6.45, 7) is 14.7. The van der Waals surface area contributed by atoms with Gasteiger partial charge in [0.1, 0.15) is 25.4 Å². The average molecular weight is 1080 g/mol. The summed E-state index contributed by atoms with van der Waals surface area (Å²) in [5, 5.41) is 18.7. The van der Waals surface area contributed by atoms with Crippen LogP contribution in [0.15, 0.2) is 152 Å². The summed E-state index contributed by atoms with van der Waals surface area (Å²) in [5.74, 6) is -2.02. The van der Waals surface area contributed by atoms with E-state index in [0.29, 0.717) is 46.2 Å². The van der Waals surface area contributed by atoms with Gasteiger partial charge in [0.15, 0.2) is 18.9 Å². The zero-order valence-electron chi connectivity index (χ0n) is 45.9. The number of rotatable bonds is 26. The lowest BCUT2D eigenvalue weighted by Crippen LogP contribution is -2.60. The molecule has 3 aliphatic rings. The van der Waals surface area contributed by atoms with Crippen LogP contribution in [-0.4, -0.2) is 111 Å². The monoisotopic (exact) mass is 1080 g/mol. The summed E-state index contributed by atoms with van der Waals surface area (Å²) >= 11 is 0. The summed E-state index contributed by atoms with van der Waals surface area (Å²) < 4.78 is 68.7. The molecule has 0 radical (unpaired) electrons. The highest BCUT2D eigenvalue weighted by Crippen LogP contribution is 2.40. The zero-order chi connectivity index (χ0) is 55.2. The first-order valence-corrected chi connectivity index (χ1v) is 27.3. The number of hydrogen-bond acceptors (Lipinski definition) is 13. The van der Waals surface area contributed by atoms with Gasteiger partial charge in [0.05, 0.1) is 77.3 Å². The topological polar surface area (TPSA) is 176 Å². The van der Waals surface area contributed by atoms with Crippen molar-refractivity contribution in [1.82, 2.24) is 0 Å². The van der Waals surface area contributed by atoms with E-state index in [-0.39, 0.29) is 67.0 Å². The maximum absolute atomic E-state index is 11.7. The maximum atomic E-state index is 11.7. The van der Waals surface area contributed by atoms with Crippen LogP contribution in [0.1, 0.15) is 69.4 Å². The van der Waals surface area contributed by atoms with Crippen molar-refractivity contribution in [2.45, 2.75) is 130 Å². The number of carbonyl (C=O) groups is 2. The Bertz CT molecular complexity index is 2450. The molecule has 5 aromatic carbocycles. The molecule has 0 saturated carbocycles. The molecule has 6 unspecified atom stereocenters. The highest BCUT2D eigenvalue weighted by molar-refractivity contribution is 5.68. The highest BCUT2D eigenvalue weighted by Gasteiger charge is 2.50. The van der Waals surface area contributed by atoms with Crippen LogP contribution < -0.4 is 0 Å². The molecule has 0 spiro atoms. The molecule has 0 aliphatic carbocycles. The van der Waals surface area contributed by atoms with Crippen molar-refractivity contribution < 1.29 is 71.9 Å². The van der Waals surface area contributed by atoms with Crippen LogP contribution in [0, 0.1) is 35.5 Å². The number of carboxylic acids is 2. The summed E-state index contributed by atoms with van der Waals surface area (Å²) in [5.41, 5.74) is 5.26. The molecule has 3 aliphatic heterocycles. The van der Waals surface area contributed by atoms with Crippen LogP contribution in [0.3, 0.4) is 0 Å². The van der Waals surface area contributed by atoms with E-state index in [1.807, 2.05) is 172 Å². The van der Waals surface area contributed by atoms with Crippen LogP contribution in [0.5, 0.6) is 0 Å². The number of carboxylic acid groups (broad SMARTS) is 2. The molecule has 0 aromatic heterocycles. The summed E-state index contributed by atoms with van der Waals surface area (Å²) in [7, 11) is 0. The molecule has 8 rings (SSSR count). The minimum absolute atomic E-state index is 0.0355. The molecule has 3 saturated heterocycles. The molecule has 3 heterocycles. The fraction of sp³-hybridized carbons (Fsp3) is 0.492. The van der Waals surface area contributed by atoms with Crippen molar-refractivity contribution in [3.63, 3.8) is 0 Å². The molecule has 15 heteroatoms. The van der Waals surface area contributed by atoms with Gasteiger partial charge in [0.25, 0.3) is 0 Å². The second-order valence-electron chi connectivity index (χ2n) is 20.8. The van der Waals surface area contributed by atoms with Crippen LogP contribution >= 0.6 is 0 Å². The highest BCUT2D eigenvalue weighted by atomic mass is 16.7. The van der Waals surface area contributed by atoms with Crippen molar-refractivity contribution in [2.24, 2.45) is 35.5 Å². The van der Waals surface area contributed by atoms with Gasteiger partial charge >= 0.3 is 11.9 Å². The number of aliphatic carboxylic acids is 2. The summed E-state index contributed by atoms with van der Waals surface area (Å²) in [6.07, 6.45) is -4.53. The van der Waals surface area contributed by atoms with Crippen LogP contribution in [0.2, 0.25) is 0 Å². The van der Waals surface area contributed by atoms with Gasteiger partial charge in [-0.1, -0.05) is 193 Å². The van der Waals surface area contributed by atoms with Crippen LogP contribution in [0.4, 0.5) is 0 Å². The SMILES string of the molecule is CC1[C@@H](OCc2ccccc2)OC(COCc2ccccc2)[C@@H](C)[C@@H]1OCC(=O)O.CC1[C@H](O[C@@H]2C(COCc3ccccc3)O[C@H](OCc3ccccc3)C(C)[C@H]2OCC(=O)O)OC(COCc2ccccc2)[C@@H](C)[C@@H]1C. The molecule has 15 nitrogen and oxygen atoms in total. The summed E-state index contributed by atoms with van der Waals surface area (Å²) in [6, 6.07) is 49.6. The van der Waals surface area contributed by atoms with Gasteiger partial charge < -0.3 is 62.3 Å². The number of ether oxygens (including phenoxy) is 11. The van der Waals surface area contributed by atoms with Crippen molar-refractivity contribution in [3.05, 3.63) is 179 Å². The Kier molecular flexibility index (Phi) is 24.3. The van der Waals surface area contributed by atoms with Crippen LogP contribution in [0.25, 0.3) is 0 Å². The van der Waals surface area contributed by atoms with E-state index in [4.69, 9.17) is 57.2 Å². The van der Waals surface area contributed by atoms with Crippen molar-refractivity contribution >= 4 is 11.9 Å². The predicted octanol–water partition coefficient (Wildman–Crippen LogP) is 10.4. The largest absolute Gasteiger partial charge is 0.480 e. The first kappa shape index (κ1) is 60.2. The van der Waals surface area contributed by atoms with E-state index in [9.17, 15) is 14.7 Å². The minimum atomic E-state index is -1.06. The average Bonchev–Trinajstić information content (AvgIpc) is 3.48. The lowest BCUT2D eigenvalue weighted by molar-refractivity contribution is -0.344. The Balaban J connectivity index is 0.000000252. The molecule has 2 N–H and O–H groups in total. The van der Waals surface area contributed by atoms with E-state index in [1.54, 1.807) is 0 Å². The van der Waals surface area contributed by atoms with E-state index in [2.05, 4.69) is 20.8 Å². The lowest BCUT2D eigenvalue weighted by Gasteiger charge is -2.49. The fourth-order valence-corrected chi connectivity index (χ4v) is 10.2. The molecule has 78 heavy (non-hydrogen) atoms. The van der Waals surface area contributed by atoms with Gasteiger partial charge in [-0.2, -0.15) is 0 Å². The van der Waals surface area contributed by atoms with Crippen molar-refractivity contribution in [3.8, 4) is 0 Å². The molecular weight excluding hydrogens is 997 g/mol. The Labute approximate surface area is 460 Å². The first-order valence-electron chi connectivity index (χ1n) is 27.3. The quantitative estimate of drug-likeness (QED) is 0.0535. The smallest absolute Gasteiger partial charge is 0.329 e. The van der Waals surface area contributed by atoms with E-state index in [0.717, 1.165) is 27.8 Å². The van der Waals surface area contributed by atoms with Crippen molar-refractivity contribution in [1.29, 1.82) is 0 Å². The Hall–Kier alpha value is -5.40. The Morgan fingerprint density at radius 2 is 0.692 bits per heavy atom. The third-order valence-corrected chi connectivity index (χ3v) is 15.1. The Morgan fingerprint density at radius 3 is 1.10 bits per heavy atom. The van der Waals surface area contributed by atoms with Gasteiger partial charge in [0.2, 0.25) is 0 Å². The number of hydrogen-bond donors (Lipinski definition) is 2. The van der Waals surface area contributed by atoms with Crippen molar-refractivity contribution in [2.75, 3.05) is 33.0 Å². The molecule has 0 bridgehead atoms. The standard InChI is InChI=1S/C39H50O9.C24H30O6/c1-26-27(2)33(23-42-20-30-14-8-5-9-15-30)46-39(28(26)3)48-37-34(24-43-21-31-16-10-6-11-17-31)47-38(29(4)36(37)44-25-35(40)41)45-22-32-18-12-7-13-19-32;1-17-21(15-27-13-19-9-5-3-6-10-19)30-24(18(2)23(17)28-16-22(25)26)29-14-20-11-7-4-8-12-20/h5-19,26-29,33-34,36-39H,20-25H2,1-4H3,(H,40,41);3-12,17-18,21,23-24H,13-16H2,1-2H3,(H,25,26)/t26-,27-,28?,29?,33?,34?,36+,37+,38-,39-;17-,18?,21?,23+,24+/m01/s1. The zero-order valence-corrected chi connectivity index (χ0v) is 45.9.